The molecule has 0 radical (unpaired) electrons. The molecule has 0 saturated heterocycles. The molecule has 0 N–H and O–H groups in total. The Labute approximate surface area is 179 Å². The van der Waals surface area contributed by atoms with Gasteiger partial charge < -0.3 is 0 Å². The van der Waals surface area contributed by atoms with Gasteiger partial charge in [-0.15, -0.1) is 0 Å². The molecule has 0 spiro atoms. The zero-order valence-electron chi connectivity index (χ0n) is 17.1. The highest BCUT2D eigenvalue weighted by atomic mass is 17.2. The number of aromatic nitrogens is 2. The Kier molecular flexibility index (Phi) is 8.67. The average molecular weight is 452 g/mol. The number of hydrogen-bond donors (Lipinski definition) is 0. The Balaban J connectivity index is 2.69. The molecule has 32 heavy (non-hydrogen) atoms. The summed E-state index contributed by atoms with van der Waals surface area (Å²) in [5, 5.41) is 0. The molecule has 2 aromatic rings. The minimum absolute atomic E-state index is 0.117. The number of carbonyl (C=O) groups excluding carboxylic acids is 4. The van der Waals surface area contributed by atoms with Gasteiger partial charge in [0.05, 0.1) is 28.4 Å². The molecule has 2 heterocycles. The van der Waals surface area contributed by atoms with Gasteiger partial charge in [0, 0.05) is 0 Å². The average Bonchev–Trinajstić information content (AvgIpc) is 2.79. The van der Waals surface area contributed by atoms with E-state index in [4.69, 9.17) is 0 Å². The Morgan fingerprint density at radius 2 is 0.719 bits per heavy atom. The van der Waals surface area contributed by atoms with Gasteiger partial charge in [-0.05, 0) is 35.4 Å². The molecule has 14 heteroatoms. The van der Waals surface area contributed by atoms with E-state index in [2.05, 4.69) is 49.1 Å². The summed E-state index contributed by atoms with van der Waals surface area (Å²) in [5.74, 6) is -4.19. The molecular weight excluding hydrogens is 436 g/mol. The summed E-state index contributed by atoms with van der Waals surface area (Å²) in [5.41, 5.74) is -1.24. The van der Waals surface area contributed by atoms with Gasteiger partial charge in [-0.1, -0.05) is 0 Å². The molecule has 0 aromatic carbocycles. The van der Waals surface area contributed by atoms with Crippen LogP contribution in [0.3, 0.4) is 0 Å². The van der Waals surface area contributed by atoms with E-state index < -0.39 is 23.9 Å². The second-order valence-corrected chi connectivity index (χ2v) is 5.40. The van der Waals surface area contributed by atoms with E-state index in [-0.39, 0.29) is 33.9 Å². The SMILES string of the molecule is COOC(=O)c1cc(-c2cc(C(=O)OOC)nc(C(=O)OOC)c2)cc(C(=O)OOC)n1. The zero-order valence-corrected chi connectivity index (χ0v) is 17.1. The van der Waals surface area contributed by atoms with Gasteiger partial charge in [-0.2, -0.15) is 19.6 Å². The fourth-order valence-corrected chi connectivity index (χ4v) is 2.29. The van der Waals surface area contributed by atoms with Crippen molar-refractivity contribution in [3.8, 4) is 11.1 Å². The highest BCUT2D eigenvalue weighted by Crippen LogP contribution is 2.24. The second-order valence-electron chi connectivity index (χ2n) is 5.40. The fraction of sp³-hybridized carbons (Fsp3) is 0.222. The Morgan fingerprint density at radius 1 is 0.500 bits per heavy atom. The summed E-state index contributed by atoms with van der Waals surface area (Å²) in [6, 6.07) is 4.77. The topological polar surface area (TPSA) is 168 Å². The minimum Gasteiger partial charge on any atom is -0.291 e. The largest absolute Gasteiger partial charge is 0.391 e. The molecule has 0 unspecified atom stereocenters. The minimum atomic E-state index is -1.05. The van der Waals surface area contributed by atoms with Gasteiger partial charge in [-0.3, -0.25) is 19.6 Å². The van der Waals surface area contributed by atoms with Gasteiger partial charge >= 0.3 is 23.9 Å². The Hall–Kier alpha value is -3.98. The smallest absolute Gasteiger partial charge is 0.291 e. The van der Waals surface area contributed by atoms with Gasteiger partial charge in [0.1, 0.15) is 0 Å². The van der Waals surface area contributed by atoms with Crippen molar-refractivity contribution < 1.29 is 58.3 Å². The van der Waals surface area contributed by atoms with E-state index >= 15 is 0 Å². The molecule has 2 rings (SSSR count). The summed E-state index contributed by atoms with van der Waals surface area (Å²) in [6.07, 6.45) is 0. The van der Waals surface area contributed by atoms with Crippen LogP contribution in [0.2, 0.25) is 0 Å². The summed E-state index contributed by atoms with van der Waals surface area (Å²) in [4.78, 5) is 91.0. The van der Waals surface area contributed by atoms with E-state index in [1.165, 1.54) is 24.3 Å². The molecular formula is C18H16N2O12. The van der Waals surface area contributed by atoms with Crippen molar-refractivity contribution in [2.45, 2.75) is 0 Å². The maximum atomic E-state index is 12.1. The van der Waals surface area contributed by atoms with Gasteiger partial charge in [0.25, 0.3) is 0 Å². The van der Waals surface area contributed by atoms with Gasteiger partial charge in [0.15, 0.2) is 22.8 Å². The quantitative estimate of drug-likeness (QED) is 0.390. The van der Waals surface area contributed by atoms with Crippen LogP contribution in [0.15, 0.2) is 24.3 Å². The molecule has 2 aromatic heterocycles. The van der Waals surface area contributed by atoms with Crippen molar-refractivity contribution in [1.82, 2.24) is 9.97 Å². The van der Waals surface area contributed by atoms with Gasteiger partial charge in [0.2, 0.25) is 0 Å². The van der Waals surface area contributed by atoms with Crippen molar-refractivity contribution in [2.75, 3.05) is 28.4 Å². The zero-order chi connectivity index (χ0) is 23.7. The molecule has 0 bridgehead atoms. The van der Waals surface area contributed by atoms with Crippen LogP contribution in [0.1, 0.15) is 42.0 Å². The first-order valence-electron chi connectivity index (χ1n) is 8.39. The van der Waals surface area contributed by atoms with Crippen LogP contribution < -0.4 is 0 Å². The van der Waals surface area contributed by atoms with Crippen LogP contribution in [0.5, 0.6) is 0 Å². The first-order valence-corrected chi connectivity index (χ1v) is 8.39. The standard InChI is InChI=1S/C18H16N2O12/c1-25-29-15(21)11-5-9(6-12(19-11)16(22)30-26-2)10-7-13(17(23)31-27-3)20-14(8-10)18(24)32-28-4/h5-8H,1-4H3. The van der Waals surface area contributed by atoms with E-state index in [1.807, 2.05) is 0 Å². The predicted octanol–water partition coefficient (Wildman–Crippen LogP) is 1.02. The monoisotopic (exact) mass is 452 g/mol. The highest BCUT2D eigenvalue weighted by molar-refractivity contribution is 5.96. The first kappa shape index (κ1) is 24.3. The lowest BCUT2D eigenvalue weighted by atomic mass is 10.0. The molecule has 0 atom stereocenters. The molecule has 0 aliphatic rings. The van der Waals surface area contributed by atoms with Crippen LogP contribution >= 0.6 is 0 Å². The number of hydrogen-bond acceptors (Lipinski definition) is 14. The van der Waals surface area contributed by atoms with Crippen molar-refractivity contribution in [1.29, 1.82) is 0 Å². The molecule has 170 valence electrons. The van der Waals surface area contributed by atoms with Crippen LogP contribution in [0.25, 0.3) is 11.1 Å². The van der Waals surface area contributed by atoms with Gasteiger partial charge in [-0.25, -0.2) is 29.1 Å². The van der Waals surface area contributed by atoms with Crippen LogP contribution in [-0.2, 0) is 39.1 Å². The van der Waals surface area contributed by atoms with E-state index in [0.29, 0.717) is 0 Å². The number of pyridine rings is 2. The Morgan fingerprint density at radius 3 is 0.906 bits per heavy atom. The highest BCUT2D eigenvalue weighted by Gasteiger charge is 2.22. The Bertz CT molecular complexity index is 869. The van der Waals surface area contributed by atoms with Crippen LogP contribution in [0.4, 0.5) is 0 Å². The second kappa shape index (κ2) is 11.4. The lowest BCUT2D eigenvalue weighted by Crippen LogP contribution is -2.14. The third-order valence-corrected chi connectivity index (χ3v) is 3.46. The molecule has 0 aliphatic heterocycles. The van der Waals surface area contributed by atoms with Crippen molar-refractivity contribution in [2.24, 2.45) is 0 Å². The molecule has 14 nitrogen and oxygen atoms in total. The molecule has 0 aliphatic carbocycles. The lowest BCUT2D eigenvalue weighted by molar-refractivity contribution is -0.217. The number of nitrogens with zero attached hydrogens (tertiary/aromatic N) is 2. The van der Waals surface area contributed by atoms with Crippen molar-refractivity contribution in [3.63, 3.8) is 0 Å². The van der Waals surface area contributed by atoms with E-state index in [9.17, 15) is 19.2 Å². The summed E-state index contributed by atoms with van der Waals surface area (Å²) in [6.45, 7) is 0. The summed E-state index contributed by atoms with van der Waals surface area (Å²) in [7, 11) is 4.36. The number of rotatable bonds is 9. The van der Waals surface area contributed by atoms with Crippen LogP contribution in [0, 0.1) is 0 Å². The first-order chi connectivity index (χ1) is 15.3. The maximum absolute atomic E-state index is 12.1. The summed E-state index contributed by atoms with van der Waals surface area (Å²) >= 11 is 0. The van der Waals surface area contributed by atoms with E-state index in [1.54, 1.807) is 0 Å². The number of carbonyl (C=O) groups is 4. The van der Waals surface area contributed by atoms with Crippen molar-refractivity contribution >= 4 is 23.9 Å². The lowest BCUT2D eigenvalue weighted by Gasteiger charge is -2.10. The fourth-order valence-electron chi connectivity index (χ4n) is 2.29. The molecule has 0 amide bonds. The van der Waals surface area contributed by atoms with Crippen molar-refractivity contribution in [3.05, 3.63) is 47.0 Å². The third kappa shape index (κ3) is 6.02. The third-order valence-electron chi connectivity index (χ3n) is 3.46. The predicted molar refractivity (Wildman–Crippen MR) is 97.2 cm³/mol. The maximum Gasteiger partial charge on any atom is 0.391 e. The van der Waals surface area contributed by atoms with Crippen LogP contribution in [-0.4, -0.2) is 62.3 Å². The molecule has 0 fully saturated rings. The normalized spacial score (nSPS) is 10.2. The summed E-state index contributed by atoms with van der Waals surface area (Å²) < 4.78 is 0. The van der Waals surface area contributed by atoms with E-state index in [0.717, 1.165) is 28.4 Å². The molecule has 0 saturated carbocycles.